The van der Waals surface area contributed by atoms with Crippen molar-refractivity contribution in [2.75, 3.05) is 24.3 Å². The molecule has 0 bridgehead atoms. The Morgan fingerprint density at radius 2 is 1.82 bits per heavy atom. The predicted molar refractivity (Wildman–Crippen MR) is 73.8 cm³/mol. The van der Waals surface area contributed by atoms with Gasteiger partial charge in [0.25, 0.3) is 0 Å². The topological polar surface area (TPSA) is 32.3 Å². The predicted octanol–water partition coefficient (Wildman–Crippen LogP) is 3.01. The van der Waals surface area contributed by atoms with Gasteiger partial charge >= 0.3 is 0 Å². The minimum Gasteiger partial charge on any atom is -0.377 e. The van der Waals surface area contributed by atoms with Crippen LogP contribution < -0.4 is 10.2 Å². The van der Waals surface area contributed by atoms with Gasteiger partial charge in [-0.25, -0.2) is 0 Å². The van der Waals surface area contributed by atoms with E-state index in [2.05, 4.69) is 37.1 Å². The molecule has 3 nitrogen and oxygen atoms in total. The van der Waals surface area contributed by atoms with Crippen LogP contribution in [-0.4, -0.2) is 20.0 Å². The molecular formula is C14H22N2O. The van der Waals surface area contributed by atoms with Crippen LogP contribution in [0.5, 0.6) is 0 Å². The maximum absolute atomic E-state index is 11.1. The fourth-order valence-corrected chi connectivity index (χ4v) is 1.81. The van der Waals surface area contributed by atoms with E-state index in [1.54, 1.807) is 0 Å². The van der Waals surface area contributed by atoms with Crippen molar-refractivity contribution in [3.05, 3.63) is 23.8 Å². The third-order valence-corrected chi connectivity index (χ3v) is 2.61. The molecule has 0 aromatic heterocycles. The largest absolute Gasteiger partial charge is 0.377 e. The molecule has 0 atom stereocenters. The number of hydrogen-bond acceptors (Lipinski definition) is 2. The first-order chi connectivity index (χ1) is 7.71. The van der Waals surface area contributed by atoms with Gasteiger partial charge in [-0.1, -0.05) is 20.8 Å². The highest BCUT2D eigenvalue weighted by Gasteiger charge is 2.19. The standard InChI is InChI=1S/C14H22N2O/c1-10(17)15-11-7-8-13(16(5)6)12(9-11)14(2,3)4/h7-9H,1-6H3,(H,15,17). The van der Waals surface area contributed by atoms with E-state index in [0.717, 1.165) is 5.69 Å². The molecule has 0 heterocycles. The highest BCUT2D eigenvalue weighted by Crippen LogP contribution is 2.33. The van der Waals surface area contributed by atoms with E-state index in [4.69, 9.17) is 0 Å². The van der Waals surface area contributed by atoms with Gasteiger partial charge in [0.05, 0.1) is 0 Å². The number of hydrogen-bond donors (Lipinski definition) is 1. The second-order valence-electron chi connectivity index (χ2n) is 5.56. The first-order valence-corrected chi connectivity index (χ1v) is 5.81. The molecule has 0 aliphatic rings. The lowest BCUT2D eigenvalue weighted by Crippen LogP contribution is -2.19. The van der Waals surface area contributed by atoms with Crippen molar-refractivity contribution < 1.29 is 4.79 Å². The molecule has 1 aromatic rings. The summed E-state index contributed by atoms with van der Waals surface area (Å²) in [6.07, 6.45) is 0. The summed E-state index contributed by atoms with van der Waals surface area (Å²) in [4.78, 5) is 13.2. The van der Waals surface area contributed by atoms with Crippen LogP contribution in [0.1, 0.15) is 33.3 Å². The number of amides is 1. The molecule has 3 heteroatoms. The molecule has 0 spiro atoms. The summed E-state index contributed by atoms with van der Waals surface area (Å²) in [6.45, 7) is 8.04. The molecule has 0 saturated heterocycles. The lowest BCUT2D eigenvalue weighted by molar-refractivity contribution is -0.114. The van der Waals surface area contributed by atoms with Crippen molar-refractivity contribution in [2.24, 2.45) is 0 Å². The number of nitrogens with zero attached hydrogens (tertiary/aromatic N) is 1. The summed E-state index contributed by atoms with van der Waals surface area (Å²) in [7, 11) is 4.06. The van der Waals surface area contributed by atoms with Gasteiger partial charge in [-0.15, -0.1) is 0 Å². The van der Waals surface area contributed by atoms with Crippen molar-refractivity contribution in [1.82, 2.24) is 0 Å². The Balaban J connectivity index is 3.24. The Kier molecular flexibility index (Phi) is 3.81. The molecule has 0 radical (unpaired) electrons. The number of rotatable bonds is 2. The van der Waals surface area contributed by atoms with Crippen LogP contribution in [0.4, 0.5) is 11.4 Å². The maximum Gasteiger partial charge on any atom is 0.221 e. The van der Waals surface area contributed by atoms with E-state index in [-0.39, 0.29) is 11.3 Å². The summed E-state index contributed by atoms with van der Waals surface area (Å²) in [6, 6.07) is 6.04. The lowest BCUT2D eigenvalue weighted by atomic mass is 9.85. The fraction of sp³-hybridized carbons (Fsp3) is 0.500. The second kappa shape index (κ2) is 4.78. The van der Waals surface area contributed by atoms with Crippen LogP contribution >= 0.6 is 0 Å². The number of carbonyl (C=O) groups excluding carboxylic acids is 1. The fourth-order valence-electron chi connectivity index (χ4n) is 1.81. The summed E-state index contributed by atoms with van der Waals surface area (Å²) in [5, 5.41) is 2.83. The van der Waals surface area contributed by atoms with Gasteiger partial charge in [-0.3, -0.25) is 4.79 Å². The zero-order valence-corrected chi connectivity index (χ0v) is 11.6. The van der Waals surface area contributed by atoms with Gasteiger partial charge in [0.1, 0.15) is 0 Å². The molecule has 0 fully saturated rings. The Labute approximate surface area is 104 Å². The summed E-state index contributed by atoms with van der Waals surface area (Å²) < 4.78 is 0. The van der Waals surface area contributed by atoms with Crippen LogP contribution in [0, 0.1) is 0 Å². The van der Waals surface area contributed by atoms with E-state index in [0.29, 0.717) is 0 Å². The summed E-state index contributed by atoms with van der Waals surface area (Å²) in [5.41, 5.74) is 3.32. The van der Waals surface area contributed by atoms with Crippen molar-refractivity contribution in [3.63, 3.8) is 0 Å². The monoisotopic (exact) mass is 234 g/mol. The lowest BCUT2D eigenvalue weighted by Gasteiger charge is -2.27. The van der Waals surface area contributed by atoms with Gasteiger partial charge in [0.2, 0.25) is 5.91 Å². The molecule has 0 saturated carbocycles. The molecular weight excluding hydrogens is 212 g/mol. The first kappa shape index (κ1) is 13.6. The Morgan fingerprint density at radius 1 is 1.24 bits per heavy atom. The van der Waals surface area contributed by atoms with Crippen LogP contribution in [-0.2, 0) is 10.2 Å². The molecule has 1 rings (SSSR count). The van der Waals surface area contributed by atoms with Gasteiger partial charge in [0, 0.05) is 32.4 Å². The Hall–Kier alpha value is -1.51. The molecule has 0 aliphatic carbocycles. The van der Waals surface area contributed by atoms with Crippen molar-refractivity contribution in [1.29, 1.82) is 0 Å². The zero-order valence-electron chi connectivity index (χ0n) is 11.6. The van der Waals surface area contributed by atoms with E-state index >= 15 is 0 Å². The van der Waals surface area contributed by atoms with Gasteiger partial charge in [-0.05, 0) is 29.2 Å². The van der Waals surface area contributed by atoms with E-state index in [9.17, 15) is 4.79 Å². The molecule has 0 aliphatic heterocycles. The third-order valence-electron chi connectivity index (χ3n) is 2.61. The SMILES string of the molecule is CC(=O)Nc1ccc(N(C)C)c(C(C)(C)C)c1. The molecule has 0 unspecified atom stereocenters. The molecule has 94 valence electrons. The quantitative estimate of drug-likeness (QED) is 0.853. The van der Waals surface area contributed by atoms with Gasteiger partial charge in [-0.2, -0.15) is 0 Å². The zero-order chi connectivity index (χ0) is 13.2. The first-order valence-electron chi connectivity index (χ1n) is 5.81. The minimum absolute atomic E-state index is 0.0394. The molecule has 1 amide bonds. The number of benzene rings is 1. The average Bonchev–Trinajstić information content (AvgIpc) is 2.14. The Morgan fingerprint density at radius 3 is 2.24 bits per heavy atom. The molecule has 1 N–H and O–H groups in total. The minimum atomic E-state index is -0.0394. The summed E-state index contributed by atoms with van der Waals surface area (Å²) >= 11 is 0. The average molecular weight is 234 g/mol. The van der Waals surface area contributed by atoms with Gasteiger partial charge in [0.15, 0.2) is 0 Å². The van der Waals surface area contributed by atoms with Crippen molar-refractivity contribution >= 4 is 17.3 Å². The number of nitrogens with one attached hydrogen (secondary N) is 1. The number of carbonyl (C=O) groups is 1. The van der Waals surface area contributed by atoms with E-state index in [1.165, 1.54) is 18.2 Å². The molecule has 1 aromatic carbocycles. The van der Waals surface area contributed by atoms with Crippen LogP contribution in [0.2, 0.25) is 0 Å². The van der Waals surface area contributed by atoms with Crippen LogP contribution in [0.25, 0.3) is 0 Å². The van der Waals surface area contributed by atoms with Gasteiger partial charge < -0.3 is 10.2 Å². The van der Waals surface area contributed by atoms with Crippen molar-refractivity contribution in [2.45, 2.75) is 33.1 Å². The van der Waals surface area contributed by atoms with E-state index < -0.39 is 0 Å². The maximum atomic E-state index is 11.1. The second-order valence-corrected chi connectivity index (χ2v) is 5.56. The highest BCUT2D eigenvalue weighted by atomic mass is 16.1. The number of anilines is 2. The van der Waals surface area contributed by atoms with E-state index in [1.807, 2.05) is 26.2 Å². The summed E-state index contributed by atoms with van der Waals surface area (Å²) in [5.74, 6) is -0.0394. The molecule has 17 heavy (non-hydrogen) atoms. The van der Waals surface area contributed by atoms with Crippen molar-refractivity contribution in [3.8, 4) is 0 Å². The van der Waals surface area contributed by atoms with Crippen LogP contribution in [0.3, 0.4) is 0 Å². The van der Waals surface area contributed by atoms with Crippen LogP contribution in [0.15, 0.2) is 18.2 Å². The smallest absolute Gasteiger partial charge is 0.221 e. The Bertz CT molecular complexity index is 417. The normalized spacial score (nSPS) is 11.2. The highest BCUT2D eigenvalue weighted by molar-refractivity contribution is 5.89. The third kappa shape index (κ3) is 3.48.